The molecule has 0 aliphatic carbocycles. The minimum atomic E-state index is -0.130. The molecule has 29 heavy (non-hydrogen) atoms. The van der Waals surface area contributed by atoms with Crippen LogP contribution in [0.5, 0.6) is 0 Å². The van der Waals surface area contributed by atoms with Crippen LogP contribution in [0.25, 0.3) is 17.0 Å². The number of para-hydroxylation sites is 1. The molecular weight excluding hydrogens is 362 g/mol. The molecule has 0 saturated carbocycles. The molecule has 5 heteroatoms. The molecule has 4 rings (SSSR count). The normalized spacial score (nSPS) is 11.3. The Balaban J connectivity index is 1.45. The van der Waals surface area contributed by atoms with Crippen molar-refractivity contribution >= 4 is 23.0 Å². The van der Waals surface area contributed by atoms with Gasteiger partial charge in [-0.3, -0.25) is 4.79 Å². The third-order valence-electron chi connectivity index (χ3n) is 4.92. The number of nitrogens with zero attached hydrogens (tertiary/aromatic N) is 2. The zero-order valence-electron chi connectivity index (χ0n) is 16.3. The van der Waals surface area contributed by atoms with E-state index in [2.05, 4.69) is 16.4 Å². The SMILES string of the molecule is CCc1oc2ccccc2c1/C=C\C(=O)NCc1ccccc1Cn1ccnc1. The van der Waals surface area contributed by atoms with Crippen LogP contribution in [-0.2, 0) is 24.3 Å². The van der Waals surface area contributed by atoms with E-state index in [0.29, 0.717) is 6.54 Å². The van der Waals surface area contributed by atoms with Gasteiger partial charge in [0.25, 0.3) is 0 Å². The monoisotopic (exact) mass is 385 g/mol. The molecule has 1 N–H and O–H groups in total. The summed E-state index contributed by atoms with van der Waals surface area (Å²) in [6.07, 6.45) is 9.68. The van der Waals surface area contributed by atoms with Crippen LogP contribution >= 0.6 is 0 Å². The van der Waals surface area contributed by atoms with Gasteiger partial charge in [0, 0.05) is 48.9 Å². The predicted octanol–water partition coefficient (Wildman–Crippen LogP) is 4.57. The summed E-state index contributed by atoms with van der Waals surface area (Å²) >= 11 is 0. The zero-order valence-corrected chi connectivity index (χ0v) is 16.3. The van der Waals surface area contributed by atoms with Crippen LogP contribution in [0.15, 0.2) is 77.7 Å². The van der Waals surface area contributed by atoms with Gasteiger partial charge in [0.05, 0.1) is 6.33 Å². The molecule has 4 aromatic rings. The summed E-state index contributed by atoms with van der Waals surface area (Å²) in [4.78, 5) is 16.5. The van der Waals surface area contributed by atoms with Crippen molar-refractivity contribution in [2.75, 3.05) is 0 Å². The summed E-state index contributed by atoms with van der Waals surface area (Å²) < 4.78 is 7.90. The molecule has 146 valence electrons. The molecule has 0 aliphatic rings. The highest BCUT2D eigenvalue weighted by atomic mass is 16.3. The number of carbonyl (C=O) groups excluding carboxylic acids is 1. The average Bonchev–Trinajstić information content (AvgIpc) is 3.39. The second-order valence-electron chi connectivity index (χ2n) is 6.84. The lowest BCUT2D eigenvalue weighted by atomic mass is 10.1. The van der Waals surface area contributed by atoms with Crippen LogP contribution in [0.1, 0.15) is 29.4 Å². The van der Waals surface area contributed by atoms with Crippen molar-refractivity contribution in [3.63, 3.8) is 0 Å². The van der Waals surface area contributed by atoms with Gasteiger partial charge < -0.3 is 14.3 Å². The highest BCUT2D eigenvalue weighted by Crippen LogP contribution is 2.27. The van der Waals surface area contributed by atoms with Gasteiger partial charge in [0.1, 0.15) is 11.3 Å². The third kappa shape index (κ3) is 4.29. The lowest BCUT2D eigenvalue weighted by Gasteiger charge is -2.10. The zero-order chi connectivity index (χ0) is 20.1. The second-order valence-corrected chi connectivity index (χ2v) is 6.84. The maximum absolute atomic E-state index is 12.4. The Morgan fingerprint density at radius 2 is 1.93 bits per heavy atom. The van der Waals surface area contributed by atoms with Crippen molar-refractivity contribution < 1.29 is 9.21 Å². The van der Waals surface area contributed by atoms with E-state index in [4.69, 9.17) is 4.42 Å². The number of aromatic nitrogens is 2. The molecule has 2 aromatic carbocycles. The molecule has 0 atom stereocenters. The van der Waals surface area contributed by atoms with Gasteiger partial charge >= 0.3 is 0 Å². The predicted molar refractivity (Wildman–Crippen MR) is 114 cm³/mol. The minimum Gasteiger partial charge on any atom is -0.460 e. The summed E-state index contributed by atoms with van der Waals surface area (Å²) in [5.74, 6) is 0.760. The van der Waals surface area contributed by atoms with Gasteiger partial charge in [-0.1, -0.05) is 49.4 Å². The minimum absolute atomic E-state index is 0.130. The van der Waals surface area contributed by atoms with Crippen LogP contribution in [0.3, 0.4) is 0 Å². The first kappa shape index (κ1) is 18.7. The molecule has 2 aromatic heterocycles. The number of amides is 1. The number of benzene rings is 2. The van der Waals surface area contributed by atoms with Crippen LogP contribution in [-0.4, -0.2) is 15.5 Å². The highest BCUT2D eigenvalue weighted by molar-refractivity contribution is 5.96. The summed E-state index contributed by atoms with van der Waals surface area (Å²) in [6.45, 7) is 3.25. The van der Waals surface area contributed by atoms with Crippen LogP contribution < -0.4 is 5.32 Å². The Kier molecular flexibility index (Phi) is 5.56. The smallest absolute Gasteiger partial charge is 0.244 e. The van der Waals surface area contributed by atoms with Gasteiger partial charge in [0.2, 0.25) is 5.91 Å². The summed E-state index contributed by atoms with van der Waals surface area (Å²) in [6, 6.07) is 16.0. The van der Waals surface area contributed by atoms with Crippen molar-refractivity contribution in [3.8, 4) is 0 Å². The second kappa shape index (κ2) is 8.61. The van der Waals surface area contributed by atoms with Crippen molar-refractivity contribution in [1.29, 1.82) is 0 Å². The van der Waals surface area contributed by atoms with Gasteiger partial charge in [-0.15, -0.1) is 0 Å². The maximum atomic E-state index is 12.4. The molecule has 0 bridgehead atoms. The Hall–Kier alpha value is -3.60. The molecule has 2 heterocycles. The van der Waals surface area contributed by atoms with Crippen molar-refractivity contribution in [3.05, 3.63) is 95.8 Å². The van der Waals surface area contributed by atoms with Crippen LogP contribution in [0.4, 0.5) is 0 Å². The fraction of sp³-hybridized carbons (Fsp3) is 0.167. The topological polar surface area (TPSA) is 60.1 Å². The number of aryl methyl sites for hydroxylation is 1. The van der Waals surface area contributed by atoms with Gasteiger partial charge in [-0.25, -0.2) is 4.98 Å². The van der Waals surface area contributed by atoms with E-state index in [-0.39, 0.29) is 5.91 Å². The fourth-order valence-electron chi connectivity index (χ4n) is 3.42. The quantitative estimate of drug-likeness (QED) is 0.474. The first-order valence-electron chi connectivity index (χ1n) is 9.73. The van der Waals surface area contributed by atoms with Gasteiger partial charge in [-0.2, -0.15) is 0 Å². The summed E-state index contributed by atoms with van der Waals surface area (Å²) in [5, 5.41) is 4.01. The maximum Gasteiger partial charge on any atom is 0.244 e. The molecule has 0 fully saturated rings. The largest absolute Gasteiger partial charge is 0.460 e. The molecule has 0 radical (unpaired) electrons. The average molecular weight is 385 g/mol. The molecule has 0 saturated heterocycles. The highest BCUT2D eigenvalue weighted by Gasteiger charge is 2.10. The first-order valence-corrected chi connectivity index (χ1v) is 9.73. The number of nitrogens with one attached hydrogen (secondary N) is 1. The summed E-state index contributed by atoms with van der Waals surface area (Å²) in [5.41, 5.74) is 4.06. The van der Waals surface area contributed by atoms with E-state index in [1.165, 1.54) is 0 Å². The van der Waals surface area contributed by atoms with Crippen molar-refractivity contribution in [2.45, 2.75) is 26.4 Å². The van der Waals surface area contributed by atoms with Gasteiger partial charge in [0.15, 0.2) is 0 Å². The number of hydrogen-bond donors (Lipinski definition) is 1. The van der Waals surface area contributed by atoms with E-state index >= 15 is 0 Å². The summed E-state index contributed by atoms with van der Waals surface area (Å²) in [7, 11) is 0. The van der Waals surface area contributed by atoms with E-state index in [9.17, 15) is 4.79 Å². The number of carbonyl (C=O) groups is 1. The Morgan fingerprint density at radius 1 is 1.14 bits per heavy atom. The number of hydrogen-bond acceptors (Lipinski definition) is 3. The Labute approximate surface area is 169 Å². The molecule has 0 unspecified atom stereocenters. The molecule has 0 aliphatic heterocycles. The molecular formula is C24H23N3O2. The standard InChI is InChI=1S/C24H23N3O2/c1-2-22-21(20-9-5-6-10-23(20)29-22)11-12-24(28)26-15-18-7-3-4-8-19(18)16-27-14-13-25-17-27/h3-14,17H,2,15-16H2,1H3,(H,26,28)/b12-11-. The third-order valence-corrected chi connectivity index (χ3v) is 4.92. The molecule has 5 nitrogen and oxygen atoms in total. The number of rotatable bonds is 7. The fourth-order valence-corrected chi connectivity index (χ4v) is 3.42. The molecule has 0 spiro atoms. The Morgan fingerprint density at radius 3 is 2.72 bits per heavy atom. The van der Waals surface area contributed by atoms with E-state index in [0.717, 1.165) is 46.4 Å². The first-order chi connectivity index (χ1) is 14.2. The van der Waals surface area contributed by atoms with Gasteiger partial charge in [-0.05, 0) is 23.3 Å². The Bertz CT molecular complexity index is 1140. The number of imidazole rings is 1. The lowest BCUT2D eigenvalue weighted by Crippen LogP contribution is -2.21. The lowest BCUT2D eigenvalue weighted by molar-refractivity contribution is -0.116. The molecule has 1 amide bonds. The van der Waals surface area contributed by atoms with Crippen LogP contribution in [0.2, 0.25) is 0 Å². The van der Waals surface area contributed by atoms with Crippen molar-refractivity contribution in [2.24, 2.45) is 0 Å². The van der Waals surface area contributed by atoms with E-state index in [1.54, 1.807) is 18.6 Å². The van der Waals surface area contributed by atoms with Crippen LogP contribution in [0, 0.1) is 0 Å². The van der Waals surface area contributed by atoms with Crippen molar-refractivity contribution in [1.82, 2.24) is 14.9 Å². The van der Waals surface area contributed by atoms with E-state index < -0.39 is 0 Å². The van der Waals surface area contributed by atoms with E-state index in [1.807, 2.05) is 66.2 Å². The number of furan rings is 1. The number of fused-ring (bicyclic) bond motifs is 1.